The van der Waals surface area contributed by atoms with E-state index in [2.05, 4.69) is 20.8 Å². The molecule has 118 valence electrons. The molecule has 0 atom stereocenters. The summed E-state index contributed by atoms with van der Waals surface area (Å²) in [5.41, 5.74) is 0.422. The second-order valence-corrected chi connectivity index (χ2v) is 5.59. The average molecular weight is 343 g/mol. The van der Waals surface area contributed by atoms with Gasteiger partial charge in [-0.3, -0.25) is 5.32 Å². The zero-order valence-corrected chi connectivity index (χ0v) is 13.8. The summed E-state index contributed by atoms with van der Waals surface area (Å²) in [6, 6.07) is 2.69. The number of hydrogen-bond acceptors (Lipinski definition) is 6. The maximum Gasteiger partial charge on any atom is 0.325 e. The average Bonchev–Trinajstić information content (AvgIpc) is 2.95. The first-order valence-corrected chi connectivity index (χ1v) is 7.58. The molecule has 0 unspecified atom stereocenters. The second-order valence-electron chi connectivity index (χ2n) is 4.12. The number of benzene rings is 1. The van der Waals surface area contributed by atoms with Crippen molar-refractivity contribution in [1.82, 2.24) is 10.2 Å². The third-order valence-corrected chi connectivity index (χ3v) is 3.99. The van der Waals surface area contributed by atoms with E-state index in [-0.39, 0.29) is 0 Å². The number of hydrogen-bond donors (Lipinski definition) is 2. The molecule has 0 radical (unpaired) electrons. The van der Waals surface area contributed by atoms with Gasteiger partial charge in [-0.1, -0.05) is 29.9 Å². The highest BCUT2D eigenvalue weighted by Gasteiger charge is 2.13. The van der Waals surface area contributed by atoms with Gasteiger partial charge in [-0.2, -0.15) is 0 Å². The quantitative estimate of drug-likeness (QED) is 0.869. The zero-order valence-electron chi connectivity index (χ0n) is 12.3. The third kappa shape index (κ3) is 3.77. The minimum Gasteiger partial charge on any atom is -0.495 e. The number of nitrogens with one attached hydrogen (secondary N) is 2. The van der Waals surface area contributed by atoms with Crippen molar-refractivity contribution in [1.29, 1.82) is 0 Å². The van der Waals surface area contributed by atoms with E-state index in [1.165, 1.54) is 25.6 Å². The smallest absolute Gasteiger partial charge is 0.325 e. The number of ether oxygens (including phenoxy) is 2. The maximum atomic E-state index is 12.0. The van der Waals surface area contributed by atoms with Crippen molar-refractivity contribution in [3.05, 3.63) is 22.2 Å². The van der Waals surface area contributed by atoms with Crippen molar-refractivity contribution in [2.75, 3.05) is 24.9 Å². The molecule has 0 spiro atoms. The molecule has 1 heterocycles. The molecular weight excluding hydrogens is 328 g/mol. The van der Waals surface area contributed by atoms with Gasteiger partial charge in [-0.05, 0) is 12.5 Å². The molecule has 0 saturated carbocycles. The number of amides is 2. The van der Waals surface area contributed by atoms with Crippen LogP contribution in [-0.2, 0) is 6.42 Å². The van der Waals surface area contributed by atoms with Gasteiger partial charge in [0.05, 0.1) is 24.9 Å². The fraction of sp³-hybridized carbons (Fsp3) is 0.308. The van der Waals surface area contributed by atoms with Crippen molar-refractivity contribution in [3.8, 4) is 11.5 Å². The van der Waals surface area contributed by atoms with E-state index < -0.39 is 6.03 Å². The molecule has 2 aromatic rings. The first-order valence-electron chi connectivity index (χ1n) is 6.39. The minimum atomic E-state index is -0.460. The first-order chi connectivity index (χ1) is 10.6. The summed E-state index contributed by atoms with van der Waals surface area (Å²) in [7, 11) is 2.99. The van der Waals surface area contributed by atoms with Crippen molar-refractivity contribution < 1.29 is 14.3 Å². The highest BCUT2D eigenvalue weighted by molar-refractivity contribution is 7.15. The summed E-state index contributed by atoms with van der Waals surface area (Å²) >= 11 is 7.37. The molecule has 0 aliphatic rings. The molecule has 2 amide bonds. The number of nitrogens with zero attached hydrogens (tertiary/aromatic N) is 2. The van der Waals surface area contributed by atoms with E-state index in [9.17, 15) is 4.79 Å². The molecule has 1 aromatic carbocycles. The van der Waals surface area contributed by atoms with Crippen LogP contribution < -0.4 is 20.1 Å². The Morgan fingerprint density at radius 3 is 2.55 bits per heavy atom. The number of rotatable bonds is 5. The van der Waals surface area contributed by atoms with Gasteiger partial charge >= 0.3 is 6.03 Å². The summed E-state index contributed by atoms with van der Waals surface area (Å²) in [5.74, 6) is 0.893. The maximum absolute atomic E-state index is 12.0. The molecule has 22 heavy (non-hydrogen) atoms. The number of urea groups is 1. The molecule has 0 aliphatic carbocycles. The van der Waals surface area contributed by atoms with E-state index in [1.54, 1.807) is 12.1 Å². The molecule has 0 aliphatic heterocycles. The lowest BCUT2D eigenvalue weighted by Crippen LogP contribution is -2.19. The zero-order chi connectivity index (χ0) is 16.1. The van der Waals surface area contributed by atoms with Crippen molar-refractivity contribution in [2.24, 2.45) is 0 Å². The SMILES string of the molecule is CCc1nnc(NC(=O)Nc2cc(Cl)c(OC)cc2OC)s1. The summed E-state index contributed by atoms with van der Waals surface area (Å²) in [6.45, 7) is 1.97. The normalized spacial score (nSPS) is 10.2. The summed E-state index contributed by atoms with van der Waals surface area (Å²) < 4.78 is 10.3. The molecule has 7 nitrogen and oxygen atoms in total. The molecule has 1 aromatic heterocycles. The molecule has 2 N–H and O–H groups in total. The van der Waals surface area contributed by atoms with Crippen LogP contribution in [0.3, 0.4) is 0 Å². The topological polar surface area (TPSA) is 85.4 Å². The van der Waals surface area contributed by atoms with Gasteiger partial charge in [0.25, 0.3) is 0 Å². The van der Waals surface area contributed by atoms with Crippen LogP contribution in [0.1, 0.15) is 11.9 Å². The molecule has 0 saturated heterocycles. The van der Waals surface area contributed by atoms with Gasteiger partial charge < -0.3 is 14.8 Å². The largest absolute Gasteiger partial charge is 0.495 e. The van der Waals surface area contributed by atoms with Crippen LogP contribution in [0.4, 0.5) is 15.6 Å². The summed E-state index contributed by atoms with van der Waals surface area (Å²) in [5, 5.41) is 14.7. The van der Waals surface area contributed by atoms with E-state index in [4.69, 9.17) is 21.1 Å². The highest BCUT2D eigenvalue weighted by Crippen LogP contribution is 2.35. The van der Waals surface area contributed by atoms with E-state index in [0.29, 0.717) is 27.3 Å². The van der Waals surface area contributed by atoms with Crippen LogP contribution in [0.15, 0.2) is 12.1 Å². The Morgan fingerprint density at radius 2 is 1.95 bits per heavy atom. The summed E-state index contributed by atoms with van der Waals surface area (Å²) in [6.07, 6.45) is 0.767. The minimum absolute atomic E-state index is 0.364. The molecule has 9 heteroatoms. The Balaban J connectivity index is 2.12. The van der Waals surface area contributed by atoms with Gasteiger partial charge in [0.15, 0.2) is 0 Å². The van der Waals surface area contributed by atoms with Crippen LogP contribution >= 0.6 is 22.9 Å². The molecule has 2 rings (SSSR count). The number of anilines is 2. The van der Waals surface area contributed by atoms with Gasteiger partial charge in [-0.25, -0.2) is 4.79 Å². The van der Waals surface area contributed by atoms with Gasteiger partial charge in [0.2, 0.25) is 5.13 Å². The Hall–Kier alpha value is -2.06. The van der Waals surface area contributed by atoms with E-state index in [1.807, 2.05) is 6.92 Å². The number of methoxy groups -OCH3 is 2. The fourth-order valence-corrected chi connectivity index (χ4v) is 2.57. The highest BCUT2D eigenvalue weighted by atomic mass is 35.5. The van der Waals surface area contributed by atoms with Crippen LogP contribution in [-0.4, -0.2) is 30.4 Å². The predicted octanol–water partition coefficient (Wildman–Crippen LogP) is 3.42. The number of aromatic nitrogens is 2. The van der Waals surface area contributed by atoms with Crippen molar-refractivity contribution in [3.63, 3.8) is 0 Å². The Bertz CT molecular complexity index is 677. The Morgan fingerprint density at radius 1 is 1.23 bits per heavy atom. The third-order valence-electron chi connectivity index (χ3n) is 2.71. The first kappa shape index (κ1) is 16.3. The van der Waals surface area contributed by atoms with Crippen molar-refractivity contribution in [2.45, 2.75) is 13.3 Å². The lowest BCUT2D eigenvalue weighted by Gasteiger charge is -2.12. The predicted molar refractivity (Wildman–Crippen MR) is 86.5 cm³/mol. The molecule has 0 bridgehead atoms. The lowest BCUT2D eigenvalue weighted by atomic mass is 10.2. The Labute approximate surface area is 136 Å². The van der Waals surface area contributed by atoms with E-state index >= 15 is 0 Å². The standard InChI is InChI=1S/C13H15ClN4O3S/c1-4-11-17-18-13(22-11)16-12(19)15-8-5-7(14)9(20-2)6-10(8)21-3/h5-6H,4H2,1-3H3,(H2,15,16,18,19). The van der Waals surface area contributed by atoms with Crippen LogP contribution in [0.5, 0.6) is 11.5 Å². The number of halogens is 1. The number of aryl methyl sites for hydroxylation is 1. The fourth-order valence-electron chi connectivity index (χ4n) is 1.66. The van der Waals surface area contributed by atoms with Gasteiger partial charge in [-0.15, -0.1) is 10.2 Å². The van der Waals surface area contributed by atoms with E-state index in [0.717, 1.165) is 11.4 Å². The second kappa shape index (κ2) is 7.28. The summed E-state index contributed by atoms with van der Waals surface area (Å²) in [4.78, 5) is 12.0. The van der Waals surface area contributed by atoms with Crippen LogP contribution in [0.2, 0.25) is 5.02 Å². The van der Waals surface area contributed by atoms with Crippen LogP contribution in [0, 0.1) is 0 Å². The molecular formula is C13H15ClN4O3S. The Kier molecular flexibility index (Phi) is 5.40. The lowest BCUT2D eigenvalue weighted by molar-refractivity contribution is 0.262. The number of carbonyl (C=O) groups excluding carboxylic acids is 1. The number of carbonyl (C=O) groups is 1. The monoisotopic (exact) mass is 342 g/mol. The van der Waals surface area contributed by atoms with Crippen LogP contribution in [0.25, 0.3) is 0 Å². The van der Waals surface area contributed by atoms with Gasteiger partial charge in [0.1, 0.15) is 16.5 Å². The molecule has 0 fully saturated rings. The van der Waals surface area contributed by atoms with Gasteiger partial charge in [0, 0.05) is 6.07 Å². The van der Waals surface area contributed by atoms with Crippen molar-refractivity contribution >= 4 is 39.8 Å².